The molecular formula is C19H20ClFN2O2. The zero-order chi connectivity index (χ0) is 17.6. The van der Waals surface area contributed by atoms with Crippen molar-refractivity contribution in [3.63, 3.8) is 0 Å². The average molecular weight is 363 g/mol. The maximum Gasteiger partial charge on any atom is 0.319 e. The number of urea groups is 1. The summed E-state index contributed by atoms with van der Waals surface area (Å²) in [5, 5.41) is 6.41. The largest absolute Gasteiger partial charge is 0.490 e. The van der Waals surface area contributed by atoms with E-state index >= 15 is 0 Å². The molecule has 0 aromatic heterocycles. The summed E-state index contributed by atoms with van der Waals surface area (Å²) in [5.74, 6) is 0.408. The number of carbonyl (C=O) groups is 1. The first-order chi connectivity index (χ1) is 12.1. The normalized spacial score (nSPS) is 19.9. The van der Waals surface area contributed by atoms with Crippen molar-refractivity contribution >= 4 is 23.3 Å². The predicted octanol–water partition coefficient (Wildman–Crippen LogP) is 4.99. The Morgan fingerprint density at radius 3 is 2.28 bits per heavy atom. The van der Waals surface area contributed by atoms with Crippen molar-refractivity contribution in [1.82, 2.24) is 5.32 Å². The molecule has 0 bridgehead atoms. The topological polar surface area (TPSA) is 50.4 Å². The van der Waals surface area contributed by atoms with E-state index in [1.165, 1.54) is 12.1 Å². The van der Waals surface area contributed by atoms with E-state index in [1.54, 1.807) is 36.4 Å². The molecule has 2 aromatic carbocycles. The van der Waals surface area contributed by atoms with Crippen LogP contribution in [0.3, 0.4) is 0 Å². The molecule has 2 aromatic rings. The van der Waals surface area contributed by atoms with Crippen LogP contribution in [-0.2, 0) is 0 Å². The molecule has 1 aliphatic rings. The molecular weight excluding hydrogens is 343 g/mol. The zero-order valence-electron chi connectivity index (χ0n) is 13.7. The van der Waals surface area contributed by atoms with Gasteiger partial charge in [-0.05, 0) is 74.2 Å². The highest BCUT2D eigenvalue weighted by Gasteiger charge is 2.23. The van der Waals surface area contributed by atoms with Gasteiger partial charge in [0.05, 0.1) is 6.10 Å². The van der Waals surface area contributed by atoms with E-state index in [-0.39, 0.29) is 24.0 Å². The van der Waals surface area contributed by atoms with E-state index in [0.717, 1.165) is 25.7 Å². The zero-order valence-corrected chi connectivity index (χ0v) is 14.4. The van der Waals surface area contributed by atoms with E-state index < -0.39 is 0 Å². The summed E-state index contributed by atoms with van der Waals surface area (Å²) in [6, 6.07) is 13.0. The van der Waals surface area contributed by atoms with Crippen LogP contribution in [0.2, 0.25) is 5.02 Å². The van der Waals surface area contributed by atoms with Gasteiger partial charge >= 0.3 is 6.03 Å². The molecule has 1 saturated carbocycles. The quantitative estimate of drug-likeness (QED) is 0.804. The van der Waals surface area contributed by atoms with Crippen molar-refractivity contribution in [3.8, 4) is 5.75 Å². The minimum Gasteiger partial charge on any atom is -0.490 e. The van der Waals surface area contributed by atoms with Gasteiger partial charge in [0.1, 0.15) is 11.6 Å². The highest BCUT2D eigenvalue weighted by Crippen LogP contribution is 2.24. The Hall–Kier alpha value is -2.27. The van der Waals surface area contributed by atoms with Gasteiger partial charge < -0.3 is 15.4 Å². The Kier molecular flexibility index (Phi) is 5.76. The fraction of sp³-hybridized carbons (Fsp3) is 0.316. The number of ether oxygens (including phenoxy) is 1. The lowest BCUT2D eigenvalue weighted by atomic mass is 9.93. The lowest BCUT2D eigenvalue weighted by molar-refractivity contribution is 0.141. The summed E-state index contributed by atoms with van der Waals surface area (Å²) in [5.41, 5.74) is 0.704. The fourth-order valence-electron chi connectivity index (χ4n) is 2.92. The third-order valence-corrected chi connectivity index (χ3v) is 4.48. The molecule has 1 aliphatic carbocycles. The van der Waals surface area contributed by atoms with Crippen LogP contribution in [0, 0.1) is 5.82 Å². The van der Waals surface area contributed by atoms with Crippen molar-refractivity contribution in [2.75, 3.05) is 5.32 Å². The van der Waals surface area contributed by atoms with Crippen molar-refractivity contribution in [1.29, 1.82) is 0 Å². The number of hydrogen-bond donors (Lipinski definition) is 2. The summed E-state index contributed by atoms with van der Waals surface area (Å²) in [4.78, 5) is 12.0. The number of anilines is 1. The standard InChI is InChI=1S/C19H20ClFN2O2/c20-13-1-5-15(6-2-13)22-19(24)23-16-7-11-18(12-8-16)25-17-9-3-14(21)4-10-17/h1-6,9-10,16,18H,7-8,11-12H2,(H2,22,23,24)/t16-,18+. The van der Waals surface area contributed by atoms with Gasteiger partial charge in [0.2, 0.25) is 0 Å². The number of benzene rings is 2. The van der Waals surface area contributed by atoms with Gasteiger partial charge in [-0.1, -0.05) is 11.6 Å². The second kappa shape index (κ2) is 8.21. The van der Waals surface area contributed by atoms with Crippen LogP contribution in [0.5, 0.6) is 5.75 Å². The van der Waals surface area contributed by atoms with E-state index in [2.05, 4.69) is 10.6 Å². The number of carbonyl (C=O) groups excluding carboxylic acids is 1. The Bertz CT molecular complexity index is 698. The number of rotatable bonds is 4. The van der Waals surface area contributed by atoms with Gasteiger partial charge in [-0.15, -0.1) is 0 Å². The van der Waals surface area contributed by atoms with Crippen molar-refractivity contribution in [2.45, 2.75) is 37.8 Å². The van der Waals surface area contributed by atoms with Gasteiger partial charge in [-0.25, -0.2) is 9.18 Å². The molecule has 4 nitrogen and oxygen atoms in total. The summed E-state index contributed by atoms with van der Waals surface area (Å²) >= 11 is 5.82. The molecule has 2 amide bonds. The smallest absolute Gasteiger partial charge is 0.319 e. The summed E-state index contributed by atoms with van der Waals surface area (Å²) in [7, 11) is 0. The number of halogens is 2. The third kappa shape index (κ3) is 5.36. The molecule has 3 rings (SSSR count). The van der Waals surface area contributed by atoms with E-state index in [0.29, 0.717) is 16.5 Å². The molecule has 0 aliphatic heterocycles. The SMILES string of the molecule is O=C(Nc1ccc(Cl)cc1)N[C@H]1CC[C@@H](Oc2ccc(F)cc2)CC1. The first-order valence-electron chi connectivity index (χ1n) is 8.34. The highest BCUT2D eigenvalue weighted by atomic mass is 35.5. The van der Waals surface area contributed by atoms with Gasteiger partial charge in [0, 0.05) is 16.8 Å². The van der Waals surface area contributed by atoms with E-state index in [1.807, 2.05) is 0 Å². The summed E-state index contributed by atoms with van der Waals surface area (Å²) in [6.45, 7) is 0. The minimum absolute atomic E-state index is 0.0998. The van der Waals surface area contributed by atoms with Crippen LogP contribution >= 0.6 is 11.6 Å². The number of nitrogens with one attached hydrogen (secondary N) is 2. The maximum atomic E-state index is 12.9. The van der Waals surface area contributed by atoms with Crippen LogP contribution in [-0.4, -0.2) is 18.2 Å². The lowest BCUT2D eigenvalue weighted by Gasteiger charge is -2.29. The fourth-order valence-corrected chi connectivity index (χ4v) is 3.04. The molecule has 2 N–H and O–H groups in total. The van der Waals surface area contributed by atoms with Gasteiger partial charge in [0.15, 0.2) is 0 Å². The second-order valence-electron chi connectivity index (χ2n) is 6.15. The molecule has 0 atom stereocenters. The molecule has 6 heteroatoms. The third-order valence-electron chi connectivity index (χ3n) is 4.23. The second-order valence-corrected chi connectivity index (χ2v) is 6.59. The molecule has 25 heavy (non-hydrogen) atoms. The molecule has 1 fully saturated rings. The van der Waals surface area contributed by atoms with Crippen LogP contribution < -0.4 is 15.4 Å². The van der Waals surface area contributed by atoms with Crippen LogP contribution in [0.4, 0.5) is 14.9 Å². The first-order valence-corrected chi connectivity index (χ1v) is 8.71. The Labute approximate surface area is 151 Å². The Morgan fingerprint density at radius 2 is 1.64 bits per heavy atom. The lowest BCUT2D eigenvalue weighted by Crippen LogP contribution is -2.41. The van der Waals surface area contributed by atoms with Crippen LogP contribution in [0.1, 0.15) is 25.7 Å². The summed E-state index contributed by atoms with van der Waals surface area (Å²) < 4.78 is 18.8. The number of hydrogen-bond acceptors (Lipinski definition) is 2. The van der Waals surface area contributed by atoms with Crippen molar-refractivity contribution in [2.24, 2.45) is 0 Å². The number of amides is 2. The monoisotopic (exact) mass is 362 g/mol. The van der Waals surface area contributed by atoms with Gasteiger partial charge in [-0.2, -0.15) is 0 Å². The van der Waals surface area contributed by atoms with E-state index in [4.69, 9.17) is 16.3 Å². The predicted molar refractivity (Wildman–Crippen MR) is 96.7 cm³/mol. The first kappa shape index (κ1) is 17.5. The summed E-state index contributed by atoms with van der Waals surface area (Å²) in [6.07, 6.45) is 3.50. The van der Waals surface area contributed by atoms with E-state index in [9.17, 15) is 9.18 Å². The van der Waals surface area contributed by atoms with Crippen molar-refractivity contribution in [3.05, 3.63) is 59.4 Å². The van der Waals surface area contributed by atoms with Gasteiger partial charge in [0.25, 0.3) is 0 Å². The Balaban J connectivity index is 1.42. The molecule has 0 saturated heterocycles. The average Bonchev–Trinajstić information content (AvgIpc) is 2.61. The molecule has 0 radical (unpaired) electrons. The highest BCUT2D eigenvalue weighted by molar-refractivity contribution is 6.30. The molecule has 0 spiro atoms. The Morgan fingerprint density at radius 1 is 1.00 bits per heavy atom. The molecule has 0 heterocycles. The molecule has 0 unspecified atom stereocenters. The van der Waals surface area contributed by atoms with Crippen molar-refractivity contribution < 1.29 is 13.9 Å². The van der Waals surface area contributed by atoms with Crippen LogP contribution in [0.25, 0.3) is 0 Å². The van der Waals surface area contributed by atoms with Crippen LogP contribution in [0.15, 0.2) is 48.5 Å². The van der Waals surface area contributed by atoms with Gasteiger partial charge in [-0.3, -0.25) is 0 Å². The maximum absolute atomic E-state index is 12.9. The minimum atomic E-state index is -0.271. The molecule has 132 valence electrons.